The third-order valence-electron chi connectivity index (χ3n) is 3.87. The second-order valence-corrected chi connectivity index (χ2v) is 7.73. The van der Waals surface area contributed by atoms with Crippen LogP contribution in [0.3, 0.4) is 0 Å². The van der Waals surface area contributed by atoms with Gasteiger partial charge in [0.15, 0.2) is 0 Å². The Hall–Kier alpha value is -0.430. The Kier molecular flexibility index (Phi) is 4.66. The largest absolute Gasteiger partial charge is 0.312 e. The molecule has 1 aromatic heterocycles. The molecule has 0 atom stereocenters. The smallest absolute Gasteiger partial charge is 0.242 e. The lowest BCUT2D eigenvalue weighted by molar-refractivity contribution is 0.214. The van der Waals surface area contributed by atoms with Crippen molar-refractivity contribution in [2.45, 2.75) is 56.5 Å². The molecule has 1 heterocycles. The topological polar surface area (TPSA) is 58.2 Å². The van der Waals surface area contributed by atoms with E-state index in [1.165, 1.54) is 11.3 Å². The molecular formula is C13H22N2O2S2. The summed E-state index contributed by atoms with van der Waals surface area (Å²) in [4.78, 5) is 1.33. The van der Waals surface area contributed by atoms with Crippen molar-refractivity contribution >= 4 is 21.4 Å². The van der Waals surface area contributed by atoms with Crippen LogP contribution < -0.4 is 10.0 Å². The maximum Gasteiger partial charge on any atom is 0.242 e. The van der Waals surface area contributed by atoms with Crippen molar-refractivity contribution in [3.63, 3.8) is 0 Å². The molecule has 4 nitrogen and oxygen atoms in total. The van der Waals surface area contributed by atoms with Gasteiger partial charge in [0.05, 0.1) is 4.90 Å². The fraction of sp³-hybridized carbons (Fsp3) is 0.692. The van der Waals surface area contributed by atoms with Crippen LogP contribution in [-0.4, -0.2) is 20.5 Å². The van der Waals surface area contributed by atoms with Crippen molar-refractivity contribution in [3.05, 3.63) is 16.3 Å². The van der Waals surface area contributed by atoms with Gasteiger partial charge in [0.1, 0.15) is 0 Å². The highest BCUT2D eigenvalue weighted by Gasteiger charge is 2.39. The van der Waals surface area contributed by atoms with Crippen LogP contribution in [0.15, 0.2) is 16.3 Å². The second-order valence-electron chi connectivity index (χ2n) is 5.08. The molecule has 108 valence electrons. The Labute approximate surface area is 119 Å². The quantitative estimate of drug-likeness (QED) is 0.813. The third-order valence-corrected chi connectivity index (χ3v) is 6.58. The van der Waals surface area contributed by atoms with Gasteiger partial charge in [-0.2, -0.15) is 0 Å². The van der Waals surface area contributed by atoms with Crippen LogP contribution in [-0.2, 0) is 16.6 Å². The van der Waals surface area contributed by atoms with E-state index in [4.69, 9.17) is 0 Å². The summed E-state index contributed by atoms with van der Waals surface area (Å²) in [5, 5.41) is 5.03. The van der Waals surface area contributed by atoms with Crippen molar-refractivity contribution < 1.29 is 8.42 Å². The molecule has 2 N–H and O–H groups in total. The lowest BCUT2D eigenvalue weighted by Gasteiger charge is -2.41. The van der Waals surface area contributed by atoms with Crippen LogP contribution in [0.2, 0.25) is 0 Å². The van der Waals surface area contributed by atoms with E-state index in [0.29, 0.717) is 11.4 Å². The number of rotatable bonds is 7. The number of sulfonamides is 1. The molecule has 0 bridgehead atoms. The molecule has 1 aliphatic carbocycles. The summed E-state index contributed by atoms with van der Waals surface area (Å²) < 4.78 is 28.0. The minimum absolute atomic E-state index is 0.198. The Bertz CT molecular complexity index is 513. The van der Waals surface area contributed by atoms with Gasteiger partial charge in [0, 0.05) is 17.0 Å². The first-order valence-electron chi connectivity index (χ1n) is 6.84. The first-order chi connectivity index (χ1) is 9.03. The van der Waals surface area contributed by atoms with E-state index in [-0.39, 0.29) is 5.54 Å². The van der Waals surface area contributed by atoms with Gasteiger partial charge in [-0.3, -0.25) is 0 Å². The van der Waals surface area contributed by atoms with Gasteiger partial charge in [-0.15, -0.1) is 11.3 Å². The zero-order chi connectivity index (χ0) is 13.9. The van der Waals surface area contributed by atoms with Gasteiger partial charge in [0.25, 0.3) is 0 Å². The highest BCUT2D eigenvalue weighted by atomic mass is 32.2. The maximum atomic E-state index is 12.5. The number of thiophene rings is 1. The van der Waals surface area contributed by atoms with Crippen LogP contribution in [0.5, 0.6) is 0 Å². The first kappa shape index (κ1) is 15.0. The molecule has 1 fully saturated rings. The van der Waals surface area contributed by atoms with Crippen LogP contribution in [0, 0.1) is 0 Å². The maximum absolute atomic E-state index is 12.5. The predicted octanol–water partition coefficient (Wildman–Crippen LogP) is 2.47. The standard InChI is InChI=1S/C13H22N2O2S2/c1-3-13(7-5-8-13)15-19(16,17)12-6-9-18-11(12)10-14-4-2/h6,9,14-15H,3-5,7-8,10H2,1-2H3. The molecule has 1 aromatic rings. The van der Waals surface area contributed by atoms with Gasteiger partial charge in [0.2, 0.25) is 10.0 Å². The number of hydrogen-bond acceptors (Lipinski definition) is 4. The lowest BCUT2D eigenvalue weighted by Crippen LogP contribution is -2.52. The normalized spacial score (nSPS) is 18.2. The van der Waals surface area contributed by atoms with Crippen molar-refractivity contribution in [2.24, 2.45) is 0 Å². The van der Waals surface area contributed by atoms with Gasteiger partial charge >= 0.3 is 0 Å². The third kappa shape index (κ3) is 3.18. The molecular weight excluding hydrogens is 280 g/mol. The molecule has 1 saturated carbocycles. The Morgan fingerprint density at radius 1 is 1.37 bits per heavy atom. The summed E-state index contributed by atoms with van der Waals surface area (Å²) in [5.41, 5.74) is -0.198. The molecule has 6 heteroatoms. The van der Waals surface area contributed by atoms with E-state index in [0.717, 1.165) is 37.1 Å². The van der Waals surface area contributed by atoms with Crippen LogP contribution in [0.1, 0.15) is 44.4 Å². The fourth-order valence-electron chi connectivity index (χ4n) is 2.41. The van der Waals surface area contributed by atoms with E-state index in [2.05, 4.69) is 17.0 Å². The predicted molar refractivity (Wildman–Crippen MR) is 78.9 cm³/mol. The van der Waals surface area contributed by atoms with Crippen LogP contribution >= 0.6 is 11.3 Å². The minimum atomic E-state index is -3.39. The summed E-state index contributed by atoms with van der Waals surface area (Å²) in [6.07, 6.45) is 3.88. The lowest BCUT2D eigenvalue weighted by atomic mass is 9.76. The fourth-order valence-corrected chi connectivity index (χ4v) is 5.35. The molecule has 0 spiro atoms. The van der Waals surface area contributed by atoms with E-state index >= 15 is 0 Å². The van der Waals surface area contributed by atoms with Gasteiger partial charge < -0.3 is 5.32 Å². The molecule has 0 aliphatic heterocycles. The zero-order valence-corrected chi connectivity index (χ0v) is 13.2. The van der Waals surface area contributed by atoms with Gasteiger partial charge in [-0.25, -0.2) is 13.1 Å². The molecule has 0 aromatic carbocycles. The van der Waals surface area contributed by atoms with Crippen LogP contribution in [0.4, 0.5) is 0 Å². The Morgan fingerprint density at radius 3 is 2.63 bits per heavy atom. The van der Waals surface area contributed by atoms with E-state index < -0.39 is 10.0 Å². The highest BCUT2D eigenvalue weighted by Crippen LogP contribution is 2.36. The summed E-state index contributed by atoms with van der Waals surface area (Å²) in [7, 11) is -3.39. The minimum Gasteiger partial charge on any atom is -0.312 e. The monoisotopic (exact) mass is 302 g/mol. The zero-order valence-electron chi connectivity index (χ0n) is 11.5. The molecule has 19 heavy (non-hydrogen) atoms. The van der Waals surface area contributed by atoms with Crippen molar-refractivity contribution in [1.82, 2.24) is 10.0 Å². The van der Waals surface area contributed by atoms with E-state index in [1.807, 2.05) is 12.3 Å². The average Bonchev–Trinajstić information content (AvgIpc) is 2.80. The van der Waals surface area contributed by atoms with E-state index in [1.54, 1.807) is 6.07 Å². The Morgan fingerprint density at radius 2 is 2.11 bits per heavy atom. The second kappa shape index (κ2) is 5.91. The van der Waals surface area contributed by atoms with Crippen molar-refractivity contribution in [3.8, 4) is 0 Å². The molecule has 0 unspecified atom stereocenters. The summed E-state index contributed by atoms with van der Waals surface area (Å²) in [5.74, 6) is 0. The first-order valence-corrected chi connectivity index (χ1v) is 9.20. The van der Waals surface area contributed by atoms with Gasteiger partial charge in [-0.1, -0.05) is 13.8 Å². The number of hydrogen-bond donors (Lipinski definition) is 2. The molecule has 0 radical (unpaired) electrons. The highest BCUT2D eigenvalue weighted by molar-refractivity contribution is 7.89. The van der Waals surface area contributed by atoms with E-state index in [9.17, 15) is 8.42 Å². The Balaban J connectivity index is 2.17. The average molecular weight is 302 g/mol. The van der Waals surface area contributed by atoms with Crippen LogP contribution in [0.25, 0.3) is 0 Å². The van der Waals surface area contributed by atoms with Crippen molar-refractivity contribution in [2.75, 3.05) is 6.54 Å². The van der Waals surface area contributed by atoms with Crippen molar-refractivity contribution in [1.29, 1.82) is 0 Å². The number of nitrogens with one attached hydrogen (secondary N) is 2. The molecule has 0 amide bonds. The SMILES string of the molecule is CCNCc1sccc1S(=O)(=O)NC1(CC)CCC1. The van der Waals surface area contributed by atoms with Gasteiger partial charge in [-0.05, 0) is 43.7 Å². The summed E-state index contributed by atoms with van der Waals surface area (Å²) >= 11 is 1.49. The summed E-state index contributed by atoms with van der Waals surface area (Å²) in [6, 6.07) is 1.71. The molecule has 2 rings (SSSR count). The molecule has 0 saturated heterocycles. The molecule has 1 aliphatic rings. The summed E-state index contributed by atoms with van der Waals surface area (Å²) in [6.45, 7) is 5.52.